The minimum absolute atomic E-state index is 0.0349. The molecule has 8 heteroatoms. The van der Waals surface area contributed by atoms with Gasteiger partial charge in [0, 0.05) is 12.6 Å². The maximum Gasteiger partial charge on any atom is 0.225 e. The number of carbonyl (C=O) groups excluding carboxylic acids is 1. The van der Waals surface area contributed by atoms with Crippen molar-refractivity contribution in [2.45, 2.75) is 51.4 Å². The number of aromatic nitrogens is 3. The van der Waals surface area contributed by atoms with E-state index in [1.807, 2.05) is 23.0 Å². The van der Waals surface area contributed by atoms with Crippen molar-refractivity contribution in [1.82, 2.24) is 25.2 Å². The van der Waals surface area contributed by atoms with Gasteiger partial charge < -0.3 is 14.8 Å². The third kappa shape index (κ3) is 3.91. The Morgan fingerprint density at radius 2 is 2.33 bits per heavy atom. The zero-order valence-electron chi connectivity index (χ0n) is 15.8. The molecule has 146 valence electrons. The second kappa shape index (κ2) is 7.09. The molecule has 0 radical (unpaired) electrons. The summed E-state index contributed by atoms with van der Waals surface area (Å²) in [6.07, 6.45) is 5.48. The molecular weight excluding hydrogens is 346 g/mol. The maximum atomic E-state index is 12.6. The van der Waals surface area contributed by atoms with E-state index < -0.39 is 5.60 Å². The first kappa shape index (κ1) is 18.2. The van der Waals surface area contributed by atoms with Crippen molar-refractivity contribution in [3.8, 4) is 0 Å². The molecule has 0 aliphatic carbocycles. The Morgan fingerprint density at radius 1 is 1.48 bits per heavy atom. The highest BCUT2D eigenvalue weighted by molar-refractivity contribution is 5.79. The molecule has 4 unspecified atom stereocenters. The largest absolute Gasteiger partial charge is 0.467 e. The quantitative estimate of drug-likeness (QED) is 0.788. The normalized spacial score (nSPS) is 27.7. The van der Waals surface area contributed by atoms with E-state index in [0.717, 1.165) is 38.2 Å². The Hall–Kier alpha value is -2.19. The van der Waals surface area contributed by atoms with Crippen LogP contribution in [-0.2, 0) is 23.5 Å². The van der Waals surface area contributed by atoms with E-state index >= 15 is 0 Å². The fraction of sp³-hybridized carbons (Fsp3) is 0.632. The first-order valence-corrected chi connectivity index (χ1v) is 9.57. The van der Waals surface area contributed by atoms with Gasteiger partial charge in [0.25, 0.3) is 0 Å². The number of nitrogens with one attached hydrogen (secondary N) is 1. The molecule has 3 saturated heterocycles. The summed E-state index contributed by atoms with van der Waals surface area (Å²) in [6.45, 7) is 6.40. The summed E-state index contributed by atoms with van der Waals surface area (Å²) in [5, 5.41) is 21.3. The van der Waals surface area contributed by atoms with Crippen LogP contribution in [0.4, 0.5) is 0 Å². The van der Waals surface area contributed by atoms with Crippen LogP contribution in [0.2, 0.25) is 0 Å². The van der Waals surface area contributed by atoms with Crippen molar-refractivity contribution >= 4 is 5.91 Å². The van der Waals surface area contributed by atoms with E-state index in [1.54, 1.807) is 20.1 Å². The highest BCUT2D eigenvalue weighted by atomic mass is 16.3. The Morgan fingerprint density at radius 3 is 2.96 bits per heavy atom. The molecule has 3 aliphatic heterocycles. The van der Waals surface area contributed by atoms with E-state index in [2.05, 4.69) is 20.5 Å². The summed E-state index contributed by atoms with van der Waals surface area (Å²) in [7, 11) is 0. The van der Waals surface area contributed by atoms with Crippen LogP contribution >= 0.6 is 0 Å². The third-order valence-corrected chi connectivity index (χ3v) is 5.80. The van der Waals surface area contributed by atoms with Crippen LogP contribution in [0, 0.1) is 11.8 Å². The Labute approximate surface area is 158 Å². The molecule has 4 atom stereocenters. The Bertz CT molecular complexity index is 780. The molecule has 5 rings (SSSR count). The number of amides is 1. The van der Waals surface area contributed by atoms with Crippen molar-refractivity contribution in [1.29, 1.82) is 0 Å². The zero-order valence-corrected chi connectivity index (χ0v) is 15.8. The average molecular weight is 373 g/mol. The molecule has 2 aromatic heterocycles. The van der Waals surface area contributed by atoms with Gasteiger partial charge in [-0.2, -0.15) is 0 Å². The van der Waals surface area contributed by atoms with Gasteiger partial charge in [-0.05, 0) is 51.3 Å². The third-order valence-electron chi connectivity index (χ3n) is 5.80. The van der Waals surface area contributed by atoms with Gasteiger partial charge in [-0.3, -0.25) is 14.4 Å². The molecule has 2 aromatic rings. The molecule has 0 saturated carbocycles. The highest BCUT2D eigenvalue weighted by Crippen LogP contribution is 2.37. The summed E-state index contributed by atoms with van der Waals surface area (Å²) >= 11 is 0. The molecule has 5 heterocycles. The van der Waals surface area contributed by atoms with Crippen LogP contribution in [0.3, 0.4) is 0 Å². The van der Waals surface area contributed by atoms with E-state index in [9.17, 15) is 9.90 Å². The number of nitrogens with zero attached hydrogens (tertiary/aromatic N) is 4. The van der Waals surface area contributed by atoms with Gasteiger partial charge in [0.05, 0.1) is 31.5 Å². The van der Waals surface area contributed by atoms with Crippen molar-refractivity contribution in [2.24, 2.45) is 11.8 Å². The van der Waals surface area contributed by atoms with Crippen LogP contribution in [0.1, 0.15) is 38.1 Å². The number of fused-ring (bicyclic) bond motifs is 3. The van der Waals surface area contributed by atoms with Crippen molar-refractivity contribution < 1.29 is 14.3 Å². The van der Waals surface area contributed by atoms with E-state index in [4.69, 9.17) is 4.42 Å². The molecule has 2 bridgehead atoms. The molecule has 3 fully saturated rings. The van der Waals surface area contributed by atoms with Crippen LogP contribution in [0.15, 0.2) is 29.0 Å². The number of carbonyl (C=O) groups is 1. The molecule has 0 spiro atoms. The number of hydrogen-bond donors (Lipinski definition) is 2. The van der Waals surface area contributed by atoms with E-state index in [-0.39, 0.29) is 11.8 Å². The molecular formula is C19H27N5O3. The van der Waals surface area contributed by atoms with Crippen LogP contribution in [0.25, 0.3) is 0 Å². The summed E-state index contributed by atoms with van der Waals surface area (Å²) in [5.74, 6) is 1.32. The number of aliphatic hydroxyl groups is 1. The monoisotopic (exact) mass is 373 g/mol. The molecule has 8 nitrogen and oxygen atoms in total. The van der Waals surface area contributed by atoms with Crippen LogP contribution in [0.5, 0.6) is 0 Å². The summed E-state index contributed by atoms with van der Waals surface area (Å²) in [6, 6.07) is 4.05. The lowest BCUT2D eigenvalue weighted by molar-refractivity contribution is -0.133. The summed E-state index contributed by atoms with van der Waals surface area (Å²) in [4.78, 5) is 15.0. The molecule has 3 aliphatic rings. The predicted octanol–water partition coefficient (Wildman–Crippen LogP) is 1.13. The number of hydrogen-bond acceptors (Lipinski definition) is 6. The van der Waals surface area contributed by atoms with Gasteiger partial charge in [0.1, 0.15) is 17.1 Å². The topological polar surface area (TPSA) is 96.4 Å². The molecule has 2 N–H and O–H groups in total. The minimum atomic E-state index is -0.985. The Balaban J connectivity index is 1.34. The van der Waals surface area contributed by atoms with Gasteiger partial charge in [0.2, 0.25) is 5.91 Å². The van der Waals surface area contributed by atoms with Crippen LogP contribution in [-0.4, -0.2) is 50.0 Å². The maximum absolute atomic E-state index is 12.6. The van der Waals surface area contributed by atoms with Gasteiger partial charge >= 0.3 is 0 Å². The highest BCUT2D eigenvalue weighted by Gasteiger charge is 2.43. The van der Waals surface area contributed by atoms with Gasteiger partial charge in [-0.1, -0.05) is 5.21 Å². The smallest absolute Gasteiger partial charge is 0.225 e. The minimum Gasteiger partial charge on any atom is -0.467 e. The molecule has 0 aromatic carbocycles. The summed E-state index contributed by atoms with van der Waals surface area (Å²) < 4.78 is 7.09. The van der Waals surface area contributed by atoms with Crippen molar-refractivity contribution in [3.63, 3.8) is 0 Å². The lowest BCUT2D eigenvalue weighted by Gasteiger charge is -2.49. The predicted molar refractivity (Wildman–Crippen MR) is 97.4 cm³/mol. The first-order valence-electron chi connectivity index (χ1n) is 9.57. The van der Waals surface area contributed by atoms with Gasteiger partial charge in [0.15, 0.2) is 0 Å². The fourth-order valence-corrected chi connectivity index (χ4v) is 4.23. The standard InChI is InChI=1S/C19H27N5O3/c1-19(2,26)17-12-24(22-21-17)10-14-8-13-5-6-23(14)11-16(13)18(25)20-9-15-4-3-7-27-15/h3-4,7,12-14,16,26H,5-6,8-11H2,1-2H3,(H,20,25). The molecule has 1 amide bonds. The second-order valence-electron chi connectivity index (χ2n) is 8.22. The zero-order chi connectivity index (χ0) is 19.0. The van der Waals surface area contributed by atoms with Crippen LogP contribution < -0.4 is 5.32 Å². The van der Waals surface area contributed by atoms with Crippen molar-refractivity contribution in [3.05, 3.63) is 36.0 Å². The summed E-state index contributed by atoms with van der Waals surface area (Å²) in [5.41, 5.74) is -0.407. The van der Waals surface area contributed by atoms with Crippen molar-refractivity contribution in [2.75, 3.05) is 13.1 Å². The first-order chi connectivity index (χ1) is 12.9. The SMILES string of the molecule is CC(C)(O)c1cn(CC2CC3CCN2CC3C(=O)NCc2ccco2)nn1. The van der Waals surface area contributed by atoms with E-state index in [0.29, 0.717) is 24.2 Å². The number of furan rings is 1. The lowest BCUT2D eigenvalue weighted by Crippen LogP contribution is -2.57. The van der Waals surface area contributed by atoms with E-state index in [1.165, 1.54) is 0 Å². The number of piperidine rings is 3. The lowest BCUT2D eigenvalue weighted by atomic mass is 9.75. The molecule has 27 heavy (non-hydrogen) atoms. The van der Waals surface area contributed by atoms with Gasteiger partial charge in [-0.15, -0.1) is 5.10 Å². The Kier molecular flexibility index (Phi) is 4.77. The second-order valence-corrected chi connectivity index (χ2v) is 8.22. The number of rotatable bonds is 6. The fourth-order valence-electron chi connectivity index (χ4n) is 4.23. The van der Waals surface area contributed by atoms with Gasteiger partial charge in [-0.25, -0.2) is 0 Å². The average Bonchev–Trinajstić information content (AvgIpc) is 3.31.